The summed E-state index contributed by atoms with van der Waals surface area (Å²) < 4.78 is 0. The van der Waals surface area contributed by atoms with Gasteiger partial charge in [-0.05, 0) is 26.3 Å². The molecular formula is C14H20N2O3. The molecule has 0 aliphatic rings. The molecule has 0 radical (unpaired) electrons. The summed E-state index contributed by atoms with van der Waals surface area (Å²) in [6, 6.07) is 7.90. The normalized spacial score (nSPS) is 12.8. The van der Waals surface area contributed by atoms with Crippen LogP contribution in [0.2, 0.25) is 0 Å². The summed E-state index contributed by atoms with van der Waals surface area (Å²) in [6.07, 6.45) is 0. The summed E-state index contributed by atoms with van der Waals surface area (Å²) >= 11 is 0. The molecule has 0 aromatic heterocycles. The Kier molecular flexibility index (Phi) is 5.06. The van der Waals surface area contributed by atoms with Crippen molar-refractivity contribution in [3.05, 3.63) is 35.9 Å². The predicted octanol–water partition coefficient (Wildman–Crippen LogP) is 1.32. The SMILES string of the molecule is CC(C)(C)NC(=O)CNC(C(=O)O)c1ccccc1. The van der Waals surface area contributed by atoms with E-state index >= 15 is 0 Å². The average molecular weight is 264 g/mol. The maximum absolute atomic E-state index is 11.7. The monoisotopic (exact) mass is 264 g/mol. The van der Waals surface area contributed by atoms with E-state index in [1.54, 1.807) is 24.3 Å². The first kappa shape index (κ1) is 15.2. The van der Waals surface area contributed by atoms with Crippen LogP contribution in [0.4, 0.5) is 0 Å². The topological polar surface area (TPSA) is 78.4 Å². The number of nitrogens with one attached hydrogen (secondary N) is 2. The van der Waals surface area contributed by atoms with Gasteiger partial charge in [0.2, 0.25) is 5.91 Å². The van der Waals surface area contributed by atoms with Gasteiger partial charge in [-0.25, -0.2) is 0 Å². The van der Waals surface area contributed by atoms with Gasteiger partial charge in [0.1, 0.15) is 6.04 Å². The zero-order chi connectivity index (χ0) is 14.5. The number of amides is 1. The minimum absolute atomic E-state index is 0.0386. The molecule has 5 nitrogen and oxygen atoms in total. The third-order valence-electron chi connectivity index (χ3n) is 2.36. The Hall–Kier alpha value is -1.88. The largest absolute Gasteiger partial charge is 0.480 e. The standard InChI is InChI=1S/C14H20N2O3/c1-14(2,3)16-11(17)9-15-12(13(18)19)10-7-5-4-6-8-10/h4-8,12,15H,9H2,1-3H3,(H,16,17)(H,18,19). The highest BCUT2D eigenvalue weighted by Crippen LogP contribution is 2.12. The molecule has 0 saturated carbocycles. The van der Waals surface area contributed by atoms with Crippen LogP contribution in [0.15, 0.2) is 30.3 Å². The summed E-state index contributed by atoms with van der Waals surface area (Å²) in [5, 5.41) is 14.7. The zero-order valence-corrected chi connectivity index (χ0v) is 11.4. The molecule has 19 heavy (non-hydrogen) atoms. The maximum atomic E-state index is 11.7. The summed E-state index contributed by atoms with van der Waals surface area (Å²) in [4.78, 5) is 22.9. The first-order valence-corrected chi connectivity index (χ1v) is 6.12. The average Bonchev–Trinajstić information content (AvgIpc) is 2.27. The number of carboxylic acid groups (broad SMARTS) is 1. The van der Waals surface area contributed by atoms with E-state index in [1.165, 1.54) is 0 Å². The second kappa shape index (κ2) is 6.33. The van der Waals surface area contributed by atoms with Gasteiger partial charge in [-0.15, -0.1) is 0 Å². The van der Waals surface area contributed by atoms with Crippen LogP contribution in [0.3, 0.4) is 0 Å². The van der Waals surface area contributed by atoms with Crippen molar-refractivity contribution in [1.29, 1.82) is 0 Å². The third-order valence-corrected chi connectivity index (χ3v) is 2.36. The molecule has 3 N–H and O–H groups in total. The van der Waals surface area contributed by atoms with E-state index in [4.69, 9.17) is 0 Å². The lowest BCUT2D eigenvalue weighted by Crippen LogP contribution is -2.46. The molecule has 0 fully saturated rings. The molecule has 1 aromatic rings. The predicted molar refractivity (Wildman–Crippen MR) is 72.7 cm³/mol. The molecule has 1 rings (SSSR count). The maximum Gasteiger partial charge on any atom is 0.325 e. The quantitative estimate of drug-likeness (QED) is 0.749. The van der Waals surface area contributed by atoms with Crippen LogP contribution >= 0.6 is 0 Å². The molecule has 1 amide bonds. The lowest BCUT2D eigenvalue weighted by molar-refractivity contribution is -0.139. The fourth-order valence-corrected chi connectivity index (χ4v) is 1.65. The minimum Gasteiger partial charge on any atom is -0.480 e. The van der Waals surface area contributed by atoms with Crippen LogP contribution in [0, 0.1) is 0 Å². The fraction of sp³-hybridized carbons (Fsp3) is 0.429. The summed E-state index contributed by atoms with van der Waals surface area (Å²) in [7, 11) is 0. The van der Waals surface area contributed by atoms with Gasteiger partial charge in [-0.2, -0.15) is 0 Å². The Balaban J connectivity index is 2.62. The van der Waals surface area contributed by atoms with E-state index in [-0.39, 0.29) is 18.0 Å². The molecule has 1 atom stereocenters. The van der Waals surface area contributed by atoms with E-state index in [9.17, 15) is 14.7 Å². The molecular weight excluding hydrogens is 244 g/mol. The molecule has 0 bridgehead atoms. The van der Waals surface area contributed by atoms with E-state index in [2.05, 4.69) is 10.6 Å². The van der Waals surface area contributed by atoms with Crippen molar-refractivity contribution in [3.8, 4) is 0 Å². The van der Waals surface area contributed by atoms with Crippen LogP contribution in [-0.2, 0) is 9.59 Å². The van der Waals surface area contributed by atoms with Crippen LogP contribution in [0.5, 0.6) is 0 Å². The minimum atomic E-state index is -1.00. The number of aliphatic carboxylic acids is 1. The Morgan fingerprint density at radius 2 is 1.79 bits per heavy atom. The summed E-state index contributed by atoms with van der Waals surface area (Å²) in [5.41, 5.74) is 0.295. The number of benzene rings is 1. The molecule has 0 spiro atoms. The lowest BCUT2D eigenvalue weighted by atomic mass is 10.1. The van der Waals surface area contributed by atoms with E-state index in [0.717, 1.165) is 0 Å². The van der Waals surface area contributed by atoms with Gasteiger partial charge in [-0.3, -0.25) is 14.9 Å². The Morgan fingerprint density at radius 3 is 2.26 bits per heavy atom. The highest BCUT2D eigenvalue weighted by atomic mass is 16.4. The van der Waals surface area contributed by atoms with Crippen molar-refractivity contribution < 1.29 is 14.7 Å². The van der Waals surface area contributed by atoms with Gasteiger partial charge in [0, 0.05) is 5.54 Å². The highest BCUT2D eigenvalue weighted by molar-refractivity contribution is 5.81. The zero-order valence-electron chi connectivity index (χ0n) is 11.4. The van der Waals surface area contributed by atoms with Crippen molar-refractivity contribution in [2.24, 2.45) is 0 Å². The molecule has 1 unspecified atom stereocenters. The molecule has 5 heteroatoms. The number of carbonyl (C=O) groups is 2. The van der Waals surface area contributed by atoms with E-state index in [1.807, 2.05) is 26.8 Å². The van der Waals surface area contributed by atoms with Gasteiger partial charge in [0.05, 0.1) is 6.54 Å². The van der Waals surface area contributed by atoms with Crippen LogP contribution in [-0.4, -0.2) is 29.1 Å². The Morgan fingerprint density at radius 1 is 1.21 bits per heavy atom. The van der Waals surface area contributed by atoms with Crippen molar-refractivity contribution in [3.63, 3.8) is 0 Å². The highest BCUT2D eigenvalue weighted by Gasteiger charge is 2.21. The number of hydrogen-bond acceptors (Lipinski definition) is 3. The van der Waals surface area contributed by atoms with Gasteiger partial charge >= 0.3 is 5.97 Å². The number of rotatable bonds is 5. The van der Waals surface area contributed by atoms with Crippen LogP contribution < -0.4 is 10.6 Å². The second-order valence-corrected chi connectivity index (χ2v) is 5.36. The number of carbonyl (C=O) groups excluding carboxylic acids is 1. The van der Waals surface area contributed by atoms with Crippen molar-refractivity contribution in [2.45, 2.75) is 32.4 Å². The molecule has 0 aliphatic heterocycles. The molecule has 0 aliphatic carbocycles. The molecule has 0 heterocycles. The summed E-state index contributed by atoms with van der Waals surface area (Å²) in [6.45, 7) is 5.58. The molecule has 104 valence electrons. The van der Waals surface area contributed by atoms with Gasteiger partial charge in [-0.1, -0.05) is 30.3 Å². The van der Waals surface area contributed by atoms with E-state index in [0.29, 0.717) is 5.56 Å². The van der Waals surface area contributed by atoms with Crippen LogP contribution in [0.1, 0.15) is 32.4 Å². The first-order chi connectivity index (χ1) is 8.79. The van der Waals surface area contributed by atoms with Crippen LogP contribution in [0.25, 0.3) is 0 Å². The smallest absolute Gasteiger partial charge is 0.325 e. The molecule has 0 saturated heterocycles. The first-order valence-electron chi connectivity index (χ1n) is 6.12. The number of hydrogen-bond donors (Lipinski definition) is 3. The van der Waals surface area contributed by atoms with Gasteiger partial charge in [0.15, 0.2) is 0 Å². The second-order valence-electron chi connectivity index (χ2n) is 5.36. The fourth-order valence-electron chi connectivity index (χ4n) is 1.65. The Bertz CT molecular complexity index is 438. The molecule has 1 aromatic carbocycles. The Labute approximate surface area is 113 Å². The number of carboxylic acids is 1. The van der Waals surface area contributed by atoms with Crippen molar-refractivity contribution in [1.82, 2.24) is 10.6 Å². The van der Waals surface area contributed by atoms with Crippen molar-refractivity contribution >= 4 is 11.9 Å². The van der Waals surface area contributed by atoms with Gasteiger partial charge < -0.3 is 10.4 Å². The van der Waals surface area contributed by atoms with Gasteiger partial charge in [0.25, 0.3) is 0 Å². The van der Waals surface area contributed by atoms with E-state index < -0.39 is 12.0 Å². The lowest BCUT2D eigenvalue weighted by Gasteiger charge is -2.21. The third kappa shape index (κ3) is 5.52. The van der Waals surface area contributed by atoms with Crippen molar-refractivity contribution in [2.75, 3.05) is 6.54 Å². The summed E-state index contributed by atoms with van der Waals surface area (Å²) in [5.74, 6) is -1.23.